The minimum atomic E-state index is -0.234. The Balaban J connectivity index is 1.11. The maximum atomic E-state index is 14.8. The van der Waals surface area contributed by atoms with Crippen molar-refractivity contribution in [3.05, 3.63) is 12.2 Å². The first kappa shape index (κ1) is 36.0. The van der Waals surface area contributed by atoms with Crippen LogP contribution in [0.3, 0.4) is 0 Å². The summed E-state index contributed by atoms with van der Waals surface area (Å²) in [7, 11) is 0. The SMILES string of the molecule is C=C(C)[C@@H]1CC[C@]2(C(=O)N[C@@H]3CC[C@H](CN4CCCC(C)C4)C3)CC[C@]3(C)[C@H](CC[C@@H]4[C@@]5(C)CC[C@H](OC(C)=O)C(C)(C)[C@@H]5CC[C@]43C)[C@@H]12. The van der Waals surface area contributed by atoms with E-state index in [1.165, 1.54) is 76.6 Å². The summed E-state index contributed by atoms with van der Waals surface area (Å²) in [4.78, 5) is 29.6. The third-order valence-electron chi connectivity index (χ3n) is 17.9. The van der Waals surface area contributed by atoms with E-state index in [1.807, 2.05) is 0 Å². The van der Waals surface area contributed by atoms with Crippen LogP contribution >= 0.6 is 0 Å². The zero-order valence-corrected chi connectivity index (χ0v) is 32.8. The van der Waals surface area contributed by atoms with Gasteiger partial charge in [-0.1, -0.05) is 53.7 Å². The van der Waals surface area contributed by atoms with Crippen LogP contribution in [-0.2, 0) is 14.3 Å². The van der Waals surface area contributed by atoms with Gasteiger partial charge in [-0.25, -0.2) is 0 Å². The molecule has 1 N–H and O–H groups in total. The Morgan fingerprint density at radius 1 is 0.837 bits per heavy atom. The van der Waals surface area contributed by atoms with E-state index in [9.17, 15) is 9.59 Å². The quantitative estimate of drug-likeness (QED) is 0.225. The molecule has 5 nitrogen and oxygen atoms in total. The van der Waals surface area contributed by atoms with Crippen LogP contribution in [0, 0.1) is 68.5 Å². The predicted molar refractivity (Wildman–Crippen MR) is 199 cm³/mol. The number of carbonyl (C=O) groups is 2. The van der Waals surface area contributed by atoms with Crippen molar-refractivity contribution in [1.29, 1.82) is 0 Å². The number of hydrogen-bond acceptors (Lipinski definition) is 4. The second-order valence-electron chi connectivity index (χ2n) is 20.7. The summed E-state index contributed by atoms with van der Waals surface area (Å²) in [6.45, 7) is 27.4. The highest BCUT2D eigenvalue weighted by molar-refractivity contribution is 5.84. The molecule has 1 unspecified atom stereocenters. The van der Waals surface area contributed by atoms with Crippen LogP contribution < -0.4 is 5.32 Å². The average Bonchev–Trinajstić information content (AvgIpc) is 3.64. The number of allylic oxidation sites excluding steroid dienone is 1. The van der Waals surface area contributed by atoms with E-state index in [0.717, 1.165) is 56.8 Å². The molecule has 7 fully saturated rings. The predicted octanol–water partition coefficient (Wildman–Crippen LogP) is 9.59. The molecule has 7 rings (SSSR count). The molecule has 276 valence electrons. The third-order valence-corrected chi connectivity index (χ3v) is 17.9. The Morgan fingerprint density at radius 2 is 1.61 bits per heavy atom. The summed E-state index contributed by atoms with van der Waals surface area (Å²) < 4.78 is 5.99. The molecule has 1 heterocycles. The maximum absolute atomic E-state index is 14.8. The van der Waals surface area contributed by atoms with Crippen LogP contribution in [-0.4, -0.2) is 48.6 Å². The van der Waals surface area contributed by atoms with E-state index in [-0.39, 0.29) is 39.1 Å². The Morgan fingerprint density at radius 3 is 2.33 bits per heavy atom. The van der Waals surface area contributed by atoms with Gasteiger partial charge in [0, 0.05) is 31.5 Å². The molecule has 1 saturated heterocycles. The summed E-state index contributed by atoms with van der Waals surface area (Å²) in [5.41, 5.74) is 1.79. The highest BCUT2D eigenvalue weighted by Gasteiger charge is 2.72. The van der Waals surface area contributed by atoms with Crippen molar-refractivity contribution < 1.29 is 14.3 Å². The topological polar surface area (TPSA) is 58.6 Å². The number of esters is 1. The van der Waals surface area contributed by atoms with Crippen molar-refractivity contribution >= 4 is 11.9 Å². The molecule has 0 aromatic heterocycles. The first-order chi connectivity index (χ1) is 23.0. The number of carbonyl (C=O) groups excluding carboxylic acids is 2. The van der Waals surface area contributed by atoms with Gasteiger partial charge in [0.25, 0.3) is 0 Å². The highest BCUT2D eigenvalue weighted by Crippen LogP contribution is 2.77. The van der Waals surface area contributed by atoms with Crippen molar-refractivity contribution in [2.45, 2.75) is 164 Å². The second-order valence-corrected chi connectivity index (χ2v) is 20.7. The zero-order chi connectivity index (χ0) is 35.1. The number of hydrogen-bond donors (Lipinski definition) is 1. The van der Waals surface area contributed by atoms with E-state index in [1.54, 1.807) is 6.92 Å². The van der Waals surface area contributed by atoms with Crippen molar-refractivity contribution in [3.8, 4) is 0 Å². The fourth-order valence-electron chi connectivity index (χ4n) is 15.4. The number of ether oxygens (including phenoxy) is 1. The first-order valence-corrected chi connectivity index (χ1v) is 20.9. The lowest BCUT2D eigenvalue weighted by atomic mass is 9.32. The molecule has 1 aliphatic heterocycles. The second kappa shape index (κ2) is 12.6. The van der Waals surface area contributed by atoms with Crippen molar-refractivity contribution in [1.82, 2.24) is 10.2 Å². The van der Waals surface area contributed by atoms with Crippen LogP contribution in [0.15, 0.2) is 12.2 Å². The monoisotopic (exact) mass is 677 g/mol. The minimum Gasteiger partial charge on any atom is -0.462 e. The number of rotatable bonds is 6. The molecule has 0 bridgehead atoms. The van der Waals surface area contributed by atoms with Gasteiger partial charge in [0.2, 0.25) is 5.91 Å². The van der Waals surface area contributed by atoms with Gasteiger partial charge in [-0.2, -0.15) is 0 Å². The molecular formula is C44H72N2O3. The normalized spacial score (nSPS) is 49.2. The Kier molecular flexibility index (Phi) is 9.30. The number of nitrogens with zero attached hydrogens (tertiary/aromatic N) is 1. The van der Waals surface area contributed by atoms with Crippen LogP contribution in [0.5, 0.6) is 0 Å². The van der Waals surface area contributed by atoms with Crippen LogP contribution in [0.25, 0.3) is 0 Å². The summed E-state index contributed by atoms with van der Waals surface area (Å²) in [6, 6.07) is 0.348. The maximum Gasteiger partial charge on any atom is 0.302 e. The molecule has 1 amide bonds. The van der Waals surface area contributed by atoms with Gasteiger partial charge in [0.15, 0.2) is 0 Å². The number of fused-ring (bicyclic) bond motifs is 7. The van der Waals surface area contributed by atoms with Gasteiger partial charge in [-0.3, -0.25) is 9.59 Å². The number of amides is 1. The molecule has 0 radical (unpaired) electrons. The smallest absolute Gasteiger partial charge is 0.302 e. The summed E-state index contributed by atoms with van der Waals surface area (Å²) in [5, 5.41) is 3.77. The van der Waals surface area contributed by atoms with E-state index in [0.29, 0.717) is 41.5 Å². The van der Waals surface area contributed by atoms with Gasteiger partial charge < -0.3 is 15.0 Å². The Bertz CT molecular complexity index is 1310. The number of nitrogens with one attached hydrogen (secondary N) is 1. The Hall–Kier alpha value is -1.36. The molecule has 6 aliphatic carbocycles. The molecule has 6 saturated carbocycles. The molecule has 5 heteroatoms. The molecule has 49 heavy (non-hydrogen) atoms. The molecule has 7 aliphatic rings. The van der Waals surface area contributed by atoms with Crippen LogP contribution in [0.4, 0.5) is 0 Å². The number of likely N-dealkylation sites (tertiary alicyclic amines) is 1. The van der Waals surface area contributed by atoms with E-state index in [4.69, 9.17) is 4.74 Å². The van der Waals surface area contributed by atoms with E-state index < -0.39 is 0 Å². The average molecular weight is 677 g/mol. The van der Waals surface area contributed by atoms with E-state index >= 15 is 0 Å². The van der Waals surface area contributed by atoms with E-state index in [2.05, 4.69) is 65.3 Å². The van der Waals surface area contributed by atoms with Gasteiger partial charge in [-0.05, 0) is 167 Å². The molecule has 0 aromatic rings. The van der Waals surface area contributed by atoms with Gasteiger partial charge in [0.05, 0.1) is 5.41 Å². The summed E-state index contributed by atoms with van der Waals surface area (Å²) in [5.74, 6) is 4.50. The van der Waals surface area contributed by atoms with Gasteiger partial charge in [-0.15, -0.1) is 0 Å². The van der Waals surface area contributed by atoms with Crippen molar-refractivity contribution in [2.75, 3.05) is 19.6 Å². The fraction of sp³-hybridized carbons (Fsp3) is 0.909. The standard InChI is InChI=1S/C44H72N2O3/c1-28(2)33-16-21-44(39(48)45-32-13-12-31(25-32)27-46-24-10-11-29(3)26-46)23-22-42(8)34(38(33)44)14-15-36-41(7)19-18-37(49-30(4)47)40(5,6)35(41)17-20-43(36,42)9/h29,31-38H,1,10-27H2,2-9H3,(H,45,48)/t29?,31-,32+,33-,34+,35-,36+,37-,38+,41-,42+,43+,44-/m0/s1. The van der Waals surface area contributed by atoms with Crippen molar-refractivity contribution in [2.24, 2.45) is 68.5 Å². The van der Waals surface area contributed by atoms with Crippen LogP contribution in [0.2, 0.25) is 0 Å². The first-order valence-electron chi connectivity index (χ1n) is 20.9. The highest BCUT2D eigenvalue weighted by atomic mass is 16.5. The molecule has 0 aromatic carbocycles. The summed E-state index contributed by atoms with van der Waals surface area (Å²) in [6.07, 6.45) is 17.8. The molecule has 13 atom stereocenters. The molecule has 0 spiro atoms. The largest absolute Gasteiger partial charge is 0.462 e. The zero-order valence-electron chi connectivity index (χ0n) is 32.8. The lowest BCUT2D eigenvalue weighted by molar-refractivity contribution is -0.248. The van der Waals surface area contributed by atoms with Gasteiger partial charge >= 0.3 is 5.97 Å². The van der Waals surface area contributed by atoms with Crippen molar-refractivity contribution in [3.63, 3.8) is 0 Å². The van der Waals surface area contributed by atoms with Gasteiger partial charge in [0.1, 0.15) is 6.10 Å². The third kappa shape index (κ3) is 5.62. The Labute approximate surface area is 299 Å². The fourth-order valence-corrected chi connectivity index (χ4v) is 15.4. The number of piperidine rings is 1. The lowest BCUT2D eigenvalue weighted by Gasteiger charge is -2.72. The molecular weight excluding hydrogens is 604 g/mol. The van der Waals surface area contributed by atoms with Crippen LogP contribution in [0.1, 0.15) is 152 Å². The minimum absolute atomic E-state index is 0.0144. The lowest BCUT2D eigenvalue weighted by Crippen LogP contribution is -2.67. The summed E-state index contributed by atoms with van der Waals surface area (Å²) >= 11 is 0.